The molecule has 1 N–H and O–H groups in total. The molecule has 1 aromatic heterocycles. The second-order valence-corrected chi connectivity index (χ2v) is 6.34. The number of rotatable bonds is 9. The van der Waals surface area contributed by atoms with Crippen molar-refractivity contribution in [1.82, 2.24) is 4.98 Å². The number of ether oxygens (including phenoxy) is 2. The predicted molar refractivity (Wildman–Crippen MR) is 98.9 cm³/mol. The van der Waals surface area contributed by atoms with Crippen molar-refractivity contribution in [3.63, 3.8) is 0 Å². The van der Waals surface area contributed by atoms with Gasteiger partial charge in [-0.1, -0.05) is 38.1 Å². The molecule has 0 saturated heterocycles. The number of methoxy groups -OCH3 is 1. The summed E-state index contributed by atoms with van der Waals surface area (Å²) in [7, 11) is 1.61. The van der Waals surface area contributed by atoms with Gasteiger partial charge in [0.15, 0.2) is 0 Å². The van der Waals surface area contributed by atoms with Gasteiger partial charge in [0.25, 0.3) is 0 Å². The number of benzene rings is 1. The molecule has 0 aliphatic heterocycles. The van der Waals surface area contributed by atoms with E-state index in [0.717, 1.165) is 12.0 Å². The third-order valence-electron chi connectivity index (χ3n) is 3.60. The van der Waals surface area contributed by atoms with E-state index in [2.05, 4.69) is 36.3 Å². The fourth-order valence-electron chi connectivity index (χ4n) is 2.47. The van der Waals surface area contributed by atoms with Crippen LogP contribution >= 0.6 is 0 Å². The molecule has 0 fully saturated rings. The van der Waals surface area contributed by atoms with Crippen molar-refractivity contribution in [3.05, 3.63) is 53.7 Å². The van der Waals surface area contributed by atoms with Gasteiger partial charge in [0.1, 0.15) is 12.3 Å². The fraction of sp³-hybridized carbons (Fsp3) is 0.400. The second-order valence-electron chi connectivity index (χ2n) is 6.34. The highest BCUT2D eigenvalue weighted by Crippen LogP contribution is 2.21. The molecular formula is C20H26N2O3. The molecule has 0 bridgehead atoms. The van der Waals surface area contributed by atoms with Crippen LogP contribution in [0.15, 0.2) is 42.6 Å². The Morgan fingerprint density at radius 2 is 1.84 bits per heavy atom. The number of nitrogens with one attached hydrogen (secondary N) is 1. The lowest BCUT2D eigenvalue weighted by atomic mass is 10.0. The van der Waals surface area contributed by atoms with Gasteiger partial charge in [-0.25, -0.2) is 4.98 Å². The highest BCUT2D eigenvalue weighted by molar-refractivity contribution is 5.93. The molecule has 0 atom stereocenters. The summed E-state index contributed by atoms with van der Waals surface area (Å²) in [6, 6.07) is 11.7. The topological polar surface area (TPSA) is 60.5 Å². The van der Waals surface area contributed by atoms with Crippen LogP contribution in [-0.4, -0.2) is 31.2 Å². The number of hydrogen-bond donors (Lipinski definition) is 1. The summed E-state index contributed by atoms with van der Waals surface area (Å²) in [5.41, 5.74) is 2.84. The summed E-state index contributed by atoms with van der Waals surface area (Å²) >= 11 is 0. The largest absolute Gasteiger partial charge is 0.474 e. The lowest BCUT2D eigenvalue weighted by Gasteiger charge is -2.11. The van der Waals surface area contributed by atoms with Crippen molar-refractivity contribution in [2.45, 2.75) is 26.7 Å². The smallest absolute Gasteiger partial charge is 0.237 e. The van der Waals surface area contributed by atoms with Gasteiger partial charge >= 0.3 is 0 Å². The first-order valence-electron chi connectivity index (χ1n) is 8.53. The van der Waals surface area contributed by atoms with Gasteiger partial charge in [-0.15, -0.1) is 0 Å². The number of anilines is 1. The first kappa shape index (κ1) is 18.9. The van der Waals surface area contributed by atoms with Crippen LogP contribution in [-0.2, 0) is 22.4 Å². The minimum absolute atomic E-state index is 0.0961. The molecule has 1 heterocycles. The Balaban J connectivity index is 1.93. The molecule has 5 heteroatoms. The molecule has 0 saturated carbocycles. The fourth-order valence-corrected chi connectivity index (χ4v) is 2.47. The third-order valence-corrected chi connectivity index (χ3v) is 3.60. The molecule has 25 heavy (non-hydrogen) atoms. The Morgan fingerprint density at radius 3 is 2.52 bits per heavy atom. The Morgan fingerprint density at radius 1 is 1.12 bits per heavy atom. The highest BCUT2D eigenvalue weighted by Gasteiger charge is 2.10. The van der Waals surface area contributed by atoms with Crippen LogP contribution in [0.2, 0.25) is 0 Å². The number of pyridine rings is 1. The van der Waals surface area contributed by atoms with E-state index in [9.17, 15) is 4.79 Å². The molecule has 0 aliphatic rings. The van der Waals surface area contributed by atoms with Gasteiger partial charge in [-0.05, 0) is 35.6 Å². The maximum absolute atomic E-state index is 12.3. The van der Waals surface area contributed by atoms with Gasteiger partial charge in [-0.3, -0.25) is 4.79 Å². The molecule has 1 amide bonds. The molecule has 2 aromatic rings. The molecule has 5 nitrogen and oxygen atoms in total. The van der Waals surface area contributed by atoms with E-state index >= 15 is 0 Å². The molecule has 0 spiro atoms. The first-order chi connectivity index (χ1) is 12.1. The molecule has 134 valence electrons. The number of amides is 1. The summed E-state index contributed by atoms with van der Waals surface area (Å²) in [5.74, 6) is 0.928. The SMILES string of the molecule is COCCOc1ncccc1NC(=O)Cc1ccc(CC(C)C)cc1. The number of hydrogen-bond acceptors (Lipinski definition) is 4. The normalized spacial score (nSPS) is 10.7. The van der Waals surface area contributed by atoms with E-state index in [0.29, 0.717) is 37.1 Å². The van der Waals surface area contributed by atoms with Gasteiger partial charge in [0.2, 0.25) is 11.8 Å². The lowest BCUT2D eigenvalue weighted by Crippen LogP contribution is -2.16. The Labute approximate surface area is 149 Å². The molecular weight excluding hydrogens is 316 g/mol. The molecule has 1 aromatic carbocycles. The average Bonchev–Trinajstić information content (AvgIpc) is 2.58. The standard InChI is InChI=1S/C20H26N2O3/c1-15(2)13-16-6-8-17(9-7-16)14-19(23)22-18-5-4-10-21-20(18)25-12-11-24-3/h4-10,15H,11-14H2,1-3H3,(H,22,23). The van der Waals surface area contributed by atoms with E-state index in [1.165, 1.54) is 5.56 Å². The van der Waals surface area contributed by atoms with Crippen LogP contribution in [0.4, 0.5) is 5.69 Å². The van der Waals surface area contributed by atoms with E-state index in [1.807, 2.05) is 12.1 Å². The summed E-state index contributed by atoms with van der Waals surface area (Å²) in [6.45, 7) is 5.24. The summed E-state index contributed by atoms with van der Waals surface area (Å²) in [5, 5.41) is 2.87. The summed E-state index contributed by atoms with van der Waals surface area (Å²) in [4.78, 5) is 16.5. The van der Waals surface area contributed by atoms with E-state index in [4.69, 9.17) is 9.47 Å². The van der Waals surface area contributed by atoms with Crippen LogP contribution in [0.3, 0.4) is 0 Å². The van der Waals surface area contributed by atoms with Crippen LogP contribution in [0, 0.1) is 5.92 Å². The van der Waals surface area contributed by atoms with Crippen molar-refractivity contribution >= 4 is 11.6 Å². The maximum Gasteiger partial charge on any atom is 0.237 e. The molecule has 0 unspecified atom stereocenters. The Bertz CT molecular complexity index is 669. The van der Waals surface area contributed by atoms with Crippen LogP contribution in [0.1, 0.15) is 25.0 Å². The van der Waals surface area contributed by atoms with Crippen molar-refractivity contribution < 1.29 is 14.3 Å². The number of carbonyl (C=O) groups is 1. The Kier molecular flexibility index (Phi) is 7.41. The zero-order valence-corrected chi connectivity index (χ0v) is 15.1. The average molecular weight is 342 g/mol. The van der Waals surface area contributed by atoms with Gasteiger partial charge in [0, 0.05) is 13.3 Å². The van der Waals surface area contributed by atoms with Crippen molar-refractivity contribution in [1.29, 1.82) is 0 Å². The second kappa shape index (κ2) is 9.79. The minimum atomic E-state index is -0.0961. The summed E-state index contributed by atoms with van der Waals surface area (Å²) in [6.07, 6.45) is 2.99. The van der Waals surface area contributed by atoms with Crippen LogP contribution in [0.5, 0.6) is 5.88 Å². The zero-order valence-electron chi connectivity index (χ0n) is 15.1. The van der Waals surface area contributed by atoms with Crippen molar-refractivity contribution in [3.8, 4) is 5.88 Å². The monoisotopic (exact) mass is 342 g/mol. The van der Waals surface area contributed by atoms with Gasteiger partial charge in [-0.2, -0.15) is 0 Å². The van der Waals surface area contributed by atoms with E-state index in [1.54, 1.807) is 25.4 Å². The summed E-state index contributed by atoms with van der Waals surface area (Å²) < 4.78 is 10.5. The van der Waals surface area contributed by atoms with Crippen LogP contribution < -0.4 is 10.1 Å². The quantitative estimate of drug-likeness (QED) is 0.709. The molecule has 2 rings (SSSR count). The third kappa shape index (κ3) is 6.55. The highest BCUT2D eigenvalue weighted by atomic mass is 16.5. The van der Waals surface area contributed by atoms with E-state index in [-0.39, 0.29) is 5.91 Å². The number of aromatic nitrogens is 1. The van der Waals surface area contributed by atoms with Crippen molar-refractivity contribution in [2.24, 2.45) is 5.92 Å². The lowest BCUT2D eigenvalue weighted by molar-refractivity contribution is -0.115. The molecule has 0 aliphatic carbocycles. The maximum atomic E-state index is 12.3. The first-order valence-corrected chi connectivity index (χ1v) is 8.53. The number of nitrogens with zero attached hydrogens (tertiary/aromatic N) is 1. The van der Waals surface area contributed by atoms with Gasteiger partial charge in [0.05, 0.1) is 13.0 Å². The van der Waals surface area contributed by atoms with Crippen molar-refractivity contribution in [2.75, 3.05) is 25.6 Å². The van der Waals surface area contributed by atoms with Crippen LogP contribution in [0.25, 0.3) is 0 Å². The minimum Gasteiger partial charge on any atom is -0.474 e. The van der Waals surface area contributed by atoms with E-state index < -0.39 is 0 Å². The number of carbonyl (C=O) groups excluding carboxylic acids is 1. The molecule has 0 radical (unpaired) electrons. The van der Waals surface area contributed by atoms with Gasteiger partial charge < -0.3 is 14.8 Å². The predicted octanol–water partition coefficient (Wildman–Crippen LogP) is 3.49. The Hall–Kier alpha value is -2.40. The zero-order chi connectivity index (χ0) is 18.1.